The van der Waals surface area contributed by atoms with Gasteiger partial charge in [0.1, 0.15) is 0 Å². The molecule has 0 atom stereocenters. The SMILES string of the molecule is CCNC(=NCc1ccc(CN2CCCCC2)cc1)NCCCCN1CCOCC1.I. The molecule has 7 heteroatoms. The second-order valence-electron chi connectivity index (χ2n) is 8.44. The summed E-state index contributed by atoms with van der Waals surface area (Å²) in [6, 6.07) is 9.00. The molecule has 2 N–H and O–H groups in total. The molecular weight excluding hydrogens is 501 g/mol. The number of nitrogens with zero attached hydrogens (tertiary/aromatic N) is 3. The van der Waals surface area contributed by atoms with Gasteiger partial charge in [-0.05, 0) is 63.4 Å². The molecule has 1 aromatic carbocycles. The van der Waals surface area contributed by atoms with Crippen LogP contribution in [0, 0.1) is 0 Å². The average molecular weight is 544 g/mol. The minimum absolute atomic E-state index is 0. The monoisotopic (exact) mass is 543 g/mol. The van der Waals surface area contributed by atoms with Crippen molar-refractivity contribution >= 4 is 29.9 Å². The Kier molecular flexibility index (Phi) is 13.5. The molecule has 3 rings (SSSR count). The summed E-state index contributed by atoms with van der Waals surface area (Å²) in [5.74, 6) is 0.918. The normalized spacial score (nSPS) is 18.4. The van der Waals surface area contributed by atoms with Crippen LogP contribution in [0.25, 0.3) is 0 Å². The zero-order valence-corrected chi connectivity index (χ0v) is 21.6. The van der Waals surface area contributed by atoms with Gasteiger partial charge in [-0.1, -0.05) is 30.7 Å². The van der Waals surface area contributed by atoms with Gasteiger partial charge < -0.3 is 15.4 Å². The minimum Gasteiger partial charge on any atom is -0.379 e. The summed E-state index contributed by atoms with van der Waals surface area (Å²) in [6.07, 6.45) is 6.46. The van der Waals surface area contributed by atoms with Gasteiger partial charge in [-0.15, -0.1) is 24.0 Å². The van der Waals surface area contributed by atoms with Crippen molar-refractivity contribution in [3.05, 3.63) is 35.4 Å². The van der Waals surface area contributed by atoms with Crippen LogP contribution in [-0.2, 0) is 17.8 Å². The fourth-order valence-electron chi connectivity index (χ4n) is 4.13. The van der Waals surface area contributed by atoms with E-state index in [1.807, 2.05) is 0 Å². The molecule has 0 aromatic heterocycles. The van der Waals surface area contributed by atoms with Gasteiger partial charge in [-0.3, -0.25) is 9.80 Å². The van der Waals surface area contributed by atoms with E-state index in [-0.39, 0.29) is 24.0 Å². The molecule has 2 heterocycles. The molecule has 176 valence electrons. The smallest absolute Gasteiger partial charge is 0.191 e. The summed E-state index contributed by atoms with van der Waals surface area (Å²) in [5, 5.41) is 6.85. The number of piperidine rings is 1. The van der Waals surface area contributed by atoms with Crippen LogP contribution in [-0.4, -0.2) is 74.8 Å². The van der Waals surface area contributed by atoms with Gasteiger partial charge in [-0.2, -0.15) is 0 Å². The predicted molar refractivity (Wildman–Crippen MR) is 140 cm³/mol. The Hall–Kier alpha value is -0.900. The van der Waals surface area contributed by atoms with Crippen LogP contribution in [0.1, 0.15) is 50.2 Å². The van der Waals surface area contributed by atoms with Gasteiger partial charge in [0.25, 0.3) is 0 Å². The molecule has 2 fully saturated rings. The highest BCUT2D eigenvalue weighted by molar-refractivity contribution is 14.0. The van der Waals surface area contributed by atoms with Gasteiger partial charge in [0, 0.05) is 32.7 Å². The lowest BCUT2D eigenvalue weighted by Crippen LogP contribution is -2.39. The predicted octanol–water partition coefficient (Wildman–Crippen LogP) is 3.46. The first-order valence-corrected chi connectivity index (χ1v) is 12.0. The fraction of sp³-hybridized carbons (Fsp3) is 0.708. The van der Waals surface area contributed by atoms with Gasteiger partial charge >= 0.3 is 0 Å². The number of hydrogen-bond acceptors (Lipinski definition) is 4. The van der Waals surface area contributed by atoms with E-state index in [1.165, 1.54) is 56.4 Å². The van der Waals surface area contributed by atoms with Gasteiger partial charge in [0.05, 0.1) is 19.8 Å². The Bertz CT molecular complexity index is 613. The van der Waals surface area contributed by atoms with Gasteiger partial charge in [0.15, 0.2) is 5.96 Å². The first-order chi connectivity index (χ1) is 14.8. The van der Waals surface area contributed by atoms with E-state index in [0.717, 1.165) is 58.3 Å². The van der Waals surface area contributed by atoms with Crippen molar-refractivity contribution in [1.82, 2.24) is 20.4 Å². The standard InChI is InChI=1S/C24H41N5O.HI/c1-2-25-24(26-12-4-7-13-28-16-18-30-19-17-28)27-20-22-8-10-23(11-9-22)21-29-14-5-3-6-15-29;/h8-11H,2-7,12-21H2,1H3,(H2,25,26,27);1H. The number of morpholine rings is 1. The average Bonchev–Trinajstić information content (AvgIpc) is 2.79. The topological polar surface area (TPSA) is 52.1 Å². The van der Waals surface area contributed by atoms with E-state index in [1.54, 1.807) is 0 Å². The number of guanidine groups is 1. The molecule has 0 saturated carbocycles. The van der Waals surface area contributed by atoms with Crippen LogP contribution in [0.15, 0.2) is 29.3 Å². The third-order valence-electron chi connectivity index (χ3n) is 5.94. The molecule has 0 radical (unpaired) electrons. The molecule has 31 heavy (non-hydrogen) atoms. The van der Waals surface area contributed by atoms with Crippen LogP contribution in [0.4, 0.5) is 0 Å². The summed E-state index contributed by atoms with van der Waals surface area (Å²) in [4.78, 5) is 9.84. The van der Waals surface area contributed by atoms with E-state index in [2.05, 4.69) is 51.6 Å². The van der Waals surface area contributed by atoms with Crippen molar-refractivity contribution in [2.75, 3.05) is 59.0 Å². The summed E-state index contributed by atoms with van der Waals surface area (Å²) >= 11 is 0. The molecule has 0 aliphatic carbocycles. The highest BCUT2D eigenvalue weighted by Crippen LogP contribution is 2.14. The molecule has 0 bridgehead atoms. The molecule has 2 aliphatic heterocycles. The Morgan fingerprint density at radius 1 is 0.903 bits per heavy atom. The fourth-order valence-corrected chi connectivity index (χ4v) is 4.13. The van der Waals surface area contributed by atoms with Gasteiger partial charge in [0.2, 0.25) is 0 Å². The number of benzene rings is 1. The Morgan fingerprint density at radius 2 is 1.61 bits per heavy atom. The zero-order chi connectivity index (χ0) is 20.9. The maximum Gasteiger partial charge on any atom is 0.191 e. The largest absolute Gasteiger partial charge is 0.379 e. The lowest BCUT2D eigenvalue weighted by Gasteiger charge is -2.26. The van der Waals surface area contributed by atoms with E-state index in [9.17, 15) is 0 Å². The van der Waals surface area contributed by atoms with Crippen LogP contribution in [0.5, 0.6) is 0 Å². The minimum atomic E-state index is 0. The number of nitrogens with one attached hydrogen (secondary N) is 2. The molecule has 2 saturated heterocycles. The van der Waals surface area contributed by atoms with Gasteiger partial charge in [-0.25, -0.2) is 4.99 Å². The molecular formula is C24H42IN5O. The first-order valence-electron chi connectivity index (χ1n) is 12.0. The Balaban J connectivity index is 0.00000341. The number of unbranched alkanes of at least 4 members (excludes halogenated alkanes) is 1. The number of rotatable bonds is 10. The summed E-state index contributed by atoms with van der Waals surface area (Å²) in [5.41, 5.74) is 2.68. The number of halogens is 1. The molecule has 0 unspecified atom stereocenters. The Morgan fingerprint density at radius 3 is 2.32 bits per heavy atom. The third-order valence-corrected chi connectivity index (χ3v) is 5.94. The van der Waals surface area contributed by atoms with Crippen LogP contribution >= 0.6 is 24.0 Å². The van der Waals surface area contributed by atoms with Crippen LogP contribution < -0.4 is 10.6 Å². The van der Waals surface area contributed by atoms with E-state index in [0.29, 0.717) is 6.54 Å². The number of likely N-dealkylation sites (tertiary alicyclic amines) is 1. The maximum atomic E-state index is 5.41. The van der Waals surface area contributed by atoms with E-state index in [4.69, 9.17) is 9.73 Å². The van der Waals surface area contributed by atoms with Crippen molar-refractivity contribution in [3.63, 3.8) is 0 Å². The summed E-state index contributed by atoms with van der Waals surface area (Å²) in [6.45, 7) is 13.3. The number of ether oxygens (including phenoxy) is 1. The molecule has 1 aromatic rings. The second-order valence-corrected chi connectivity index (χ2v) is 8.44. The highest BCUT2D eigenvalue weighted by Gasteiger charge is 2.10. The van der Waals surface area contributed by atoms with Crippen molar-refractivity contribution in [3.8, 4) is 0 Å². The lowest BCUT2D eigenvalue weighted by molar-refractivity contribution is 0.0372. The highest BCUT2D eigenvalue weighted by atomic mass is 127. The van der Waals surface area contributed by atoms with Crippen molar-refractivity contribution in [2.45, 2.75) is 52.1 Å². The molecule has 0 amide bonds. The van der Waals surface area contributed by atoms with Crippen LogP contribution in [0.2, 0.25) is 0 Å². The molecule has 6 nitrogen and oxygen atoms in total. The second kappa shape index (κ2) is 15.8. The summed E-state index contributed by atoms with van der Waals surface area (Å²) in [7, 11) is 0. The number of aliphatic imine (C=N–C) groups is 1. The Labute approximate surface area is 206 Å². The van der Waals surface area contributed by atoms with Crippen LogP contribution in [0.3, 0.4) is 0 Å². The summed E-state index contributed by atoms with van der Waals surface area (Å²) < 4.78 is 5.41. The number of hydrogen-bond donors (Lipinski definition) is 2. The van der Waals surface area contributed by atoms with Crippen molar-refractivity contribution in [2.24, 2.45) is 4.99 Å². The lowest BCUT2D eigenvalue weighted by atomic mass is 10.1. The van der Waals surface area contributed by atoms with Crippen molar-refractivity contribution < 1.29 is 4.74 Å². The van der Waals surface area contributed by atoms with E-state index < -0.39 is 0 Å². The van der Waals surface area contributed by atoms with Crippen molar-refractivity contribution in [1.29, 1.82) is 0 Å². The quantitative estimate of drug-likeness (QED) is 0.205. The third kappa shape index (κ3) is 10.5. The van der Waals surface area contributed by atoms with E-state index >= 15 is 0 Å². The first kappa shape index (κ1) is 26.4. The molecule has 0 spiro atoms. The zero-order valence-electron chi connectivity index (χ0n) is 19.3. The molecule has 2 aliphatic rings. The maximum absolute atomic E-state index is 5.41.